The quantitative estimate of drug-likeness (QED) is 0.727. The van der Waals surface area contributed by atoms with Gasteiger partial charge < -0.3 is 11.1 Å². The highest BCUT2D eigenvalue weighted by Crippen LogP contribution is 2.17. The smallest absolute Gasteiger partial charge is 0.237 e. The second-order valence-electron chi connectivity index (χ2n) is 4.79. The van der Waals surface area contributed by atoms with E-state index in [9.17, 15) is 4.79 Å². The van der Waals surface area contributed by atoms with E-state index in [4.69, 9.17) is 5.73 Å². The molecule has 1 saturated carbocycles. The Kier molecular flexibility index (Phi) is 5.77. The zero-order valence-corrected chi connectivity index (χ0v) is 10.5. The second-order valence-corrected chi connectivity index (χ2v) is 4.79. The van der Waals surface area contributed by atoms with Crippen LogP contribution in [0.25, 0.3) is 0 Å². The Bertz CT molecular complexity index is 214. The summed E-state index contributed by atoms with van der Waals surface area (Å²) in [6.45, 7) is 3.30. The van der Waals surface area contributed by atoms with Crippen molar-refractivity contribution < 1.29 is 4.79 Å². The summed E-state index contributed by atoms with van der Waals surface area (Å²) >= 11 is 0. The van der Waals surface area contributed by atoms with Gasteiger partial charge in [-0.2, -0.15) is 0 Å². The summed E-state index contributed by atoms with van der Waals surface area (Å²) in [6.07, 6.45) is 6.09. The molecule has 1 fully saturated rings. The lowest BCUT2D eigenvalue weighted by molar-refractivity contribution is -0.126. The minimum absolute atomic E-state index is 0.0783. The fraction of sp³-hybridized carbons (Fsp3) is 0.917. The molecule has 0 saturated heterocycles. The number of rotatable bonds is 5. The van der Waals surface area contributed by atoms with Gasteiger partial charge in [-0.3, -0.25) is 9.69 Å². The highest BCUT2D eigenvalue weighted by Gasteiger charge is 2.21. The van der Waals surface area contributed by atoms with Crippen molar-refractivity contribution in [2.45, 2.75) is 51.1 Å². The van der Waals surface area contributed by atoms with Gasteiger partial charge in [0.25, 0.3) is 0 Å². The van der Waals surface area contributed by atoms with Gasteiger partial charge in [-0.25, -0.2) is 0 Å². The zero-order chi connectivity index (χ0) is 12.0. The van der Waals surface area contributed by atoms with E-state index in [0.29, 0.717) is 12.6 Å². The molecule has 0 heterocycles. The minimum atomic E-state index is -0.0783. The van der Waals surface area contributed by atoms with Gasteiger partial charge >= 0.3 is 0 Å². The molecule has 4 heteroatoms. The van der Waals surface area contributed by atoms with Crippen LogP contribution in [0.5, 0.6) is 0 Å². The molecule has 1 aliphatic rings. The van der Waals surface area contributed by atoms with Gasteiger partial charge in [0.1, 0.15) is 0 Å². The maximum Gasteiger partial charge on any atom is 0.237 e. The summed E-state index contributed by atoms with van der Waals surface area (Å²) in [5.41, 5.74) is 5.48. The fourth-order valence-corrected chi connectivity index (χ4v) is 2.17. The molecule has 16 heavy (non-hydrogen) atoms. The Labute approximate surface area is 98.6 Å². The third kappa shape index (κ3) is 4.10. The van der Waals surface area contributed by atoms with Crippen LogP contribution in [0, 0.1) is 0 Å². The van der Waals surface area contributed by atoms with Crippen LogP contribution in [0.15, 0.2) is 0 Å². The van der Waals surface area contributed by atoms with E-state index in [-0.39, 0.29) is 11.9 Å². The van der Waals surface area contributed by atoms with E-state index in [1.54, 1.807) is 0 Å². The molecule has 1 aliphatic carbocycles. The number of hydrogen-bond acceptors (Lipinski definition) is 3. The molecule has 0 radical (unpaired) electrons. The van der Waals surface area contributed by atoms with Crippen LogP contribution >= 0.6 is 0 Å². The van der Waals surface area contributed by atoms with Crippen molar-refractivity contribution in [3.8, 4) is 0 Å². The number of nitrogens with two attached hydrogens (primary N) is 1. The lowest BCUT2D eigenvalue weighted by atomic mass is 9.95. The summed E-state index contributed by atoms with van der Waals surface area (Å²) in [5, 5.41) is 3.14. The molecule has 3 N–H and O–H groups in total. The molecule has 0 aromatic rings. The summed E-state index contributed by atoms with van der Waals surface area (Å²) < 4.78 is 0. The molecule has 0 aromatic carbocycles. The van der Waals surface area contributed by atoms with E-state index in [1.165, 1.54) is 19.3 Å². The molecule has 1 atom stereocenters. The Morgan fingerprint density at radius 2 is 2.06 bits per heavy atom. The molecule has 0 bridgehead atoms. The second kappa shape index (κ2) is 6.86. The van der Waals surface area contributed by atoms with Crippen molar-refractivity contribution in [1.82, 2.24) is 10.2 Å². The monoisotopic (exact) mass is 227 g/mol. The molecule has 1 unspecified atom stereocenters. The van der Waals surface area contributed by atoms with Crippen LogP contribution in [-0.4, -0.2) is 43.0 Å². The van der Waals surface area contributed by atoms with Crippen molar-refractivity contribution in [1.29, 1.82) is 0 Å². The van der Waals surface area contributed by atoms with Crippen molar-refractivity contribution in [3.05, 3.63) is 0 Å². The zero-order valence-electron chi connectivity index (χ0n) is 10.5. The number of likely N-dealkylation sites (N-methyl/N-ethyl adjacent to an activating group) is 1. The average molecular weight is 227 g/mol. The average Bonchev–Trinajstić information content (AvgIpc) is 2.29. The molecule has 1 rings (SSSR count). The first kappa shape index (κ1) is 13.5. The topological polar surface area (TPSA) is 58.4 Å². The summed E-state index contributed by atoms with van der Waals surface area (Å²) in [7, 11) is 1.94. The lowest BCUT2D eigenvalue weighted by Gasteiger charge is -2.28. The van der Waals surface area contributed by atoms with Crippen LogP contribution in [0.2, 0.25) is 0 Å². The Morgan fingerprint density at radius 3 is 2.62 bits per heavy atom. The van der Waals surface area contributed by atoms with Crippen molar-refractivity contribution in [3.63, 3.8) is 0 Å². The largest absolute Gasteiger partial charge is 0.352 e. The first-order valence-electron chi connectivity index (χ1n) is 6.36. The molecule has 0 aliphatic heterocycles. The number of nitrogens with zero attached hydrogens (tertiary/aromatic N) is 1. The summed E-state index contributed by atoms with van der Waals surface area (Å²) in [4.78, 5) is 13.9. The number of carbonyl (C=O) groups excluding carboxylic acids is 1. The van der Waals surface area contributed by atoms with Crippen LogP contribution < -0.4 is 11.1 Å². The maximum absolute atomic E-state index is 11.9. The number of nitrogens with one attached hydrogen (secondary N) is 1. The normalized spacial score (nSPS) is 19.8. The van der Waals surface area contributed by atoms with Crippen LogP contribution in [0.3, 0.4) is 0 Å². The molecule has 0 spiro atoms. The molecular formula is C12H25N3O. The predicted molar refractivity (Wildman–Crippen MR) is 66.2 cm³/mol. The van der Waals surface area contributed by atoms with E-state index >= 15 is 0 Å². The number of amides is 1. The van der Waals surface area contributed by atoms with Crippen molar-refractivity contribution in [2.24, 2.45) is 5.73 Å². The molecule has 1 amide bonds. The number of hydrogen-bond donors (Lipinski definition) is 2. The van der Waals surface area contributed by atoms with Gasteiger partial charge in [-0.15, -0.1) is 0 Å². The third-order valence-electron chi connectivity index (χ3n) is 3.47. The van der Waals surface area contributed by atoms with Crippen LogP contribution in [0.1, 0.15) is 39.0 Å². The summed E-state index contributed by atoms with van der Waals surface area (Å²) in [6, 6.07) is 0.320. The van der Waals surface area contributed by atoms with E-state index in [2.05, 4.69) is 5.32 Å². The highest BCUT2D eigenvalue weighted by molar-refractivity contribution is 5.81. The maximum atomic E-state index is 11.9. The van der Waals surface area contributed by atoms with Crippen molar-refractivity contribution in [2.75, 3.05) is 20.1 Å². The van der Waals surface area contributed by atoms with Gasteiger partial charge in [0.05, 0.1) is 6.04 Å². The van der Waals surface area contributed by atoms with Gasteiger partial charge in [-0.1, -0.05) is 19.3 Å². The first-order valence-corrected chi connectivity index (χ1v) is 6.36. The molecule has 0 aromatic heterocycles. The van der Waals surface area contributed by atoms with Crippen LogP contribution in [-0.2, 0) is 4.79 Å². The lowest BCUT2D eigenvalue weighted by Crippen LogP contribution is -2.48. The Morgan fingerprint density at radius 1 is 1.44 bits per heavy atom. The van der Waals surface area contributed by atoms with Crippen LogP contribution in [0.4, 0.5) is 0 Å². The number of carbonyl (C=O) groups is 1. The predicted octanol–water partition coefficient (Wildman–Crippen LogP) is 0.714. The van der Waals surface area contributed by atoms with E-state index < -0.39 is 0 Å². The minimum Gasteiger partial charge on any atom is -0.352 e. The van der Waals surface area contributed by atoms with E-state index in [1.807, 2.05) is 18.9 Å². The van der Waals surface area contributed by atoms with Crippen molar-refractivity contribution >= 4 is 5.91 Å². The molecule has 94 valence electrons. The van der Waals surface area contributed by atoms with Gasteiger partial charge in [0, 0.05) is 19.1 Å². The van der Waals surface area contributed by atoms with Gasteiger partial charge in [0.15, 0.2) is 0 Å². The standard InChI is InChI=1S/C12H25N3O/c1-10(15(2)9-8-13)12(16)14-11-6-4-3-5-7-11/h10-11H,3-9,13H2,1-2H3,(H,14,16). The van der Waals surface area contributed by atoms with Gasteiger partial charge in [-0.05, 0) is 26.8 Å². The third-order valence-corrected chi connectivity index (χ3v) is 3.47. The van der Waals surface area contributed by atoms with E-state index in [0.717, 1.165) is 19.4 Å². The first-order chi connectivity index (χ1) is 7.65. The molecule has 4 nitrogen and oxygen atoms in total. The molecular weight excluding hydrogens is 202 g/mol. The Hall–Kier alpha value is -0.610. The fourth-order valence-electron chi connectivity index (χ4n) is 2.17. The van der Waals surface area contributed by atoms with Gasteiger partial charge in [0.2, 0.25) is 5.91 Å². The highest BCUT2D eigenvalue weighted by atomic mass is 16.2. The Balaban J connectivity index is 2.32. The summed E-state index contributed by atoms with van der Waals surface area (Å²) in [5.74, 6) is 0.142. The SMILES string of the molecule is CC(C(=O)NC1CCCCC1)N(C)CCN.